The number of benzene rings is 2. The summed E-state index contributed by atoms with van der Waals surface area (Å²) in [5.41, 5.74) is 1.39. The zero-order valence-electron chi connectivity index (χ0n) is 11.3. The smallest absolute Gasteiger partial charge is 0.133 e. The van der Waals surface area contributed by atoms with Gasteiger partial charge < -0.3 is 0 Å². The molecule has 1 aromatic heterocycles. The molecule has 0 saturated heterocycles. The molecule has 0 radical (unpaired) electrons. The van der Waals surface area contributed by atoms with E-state index in [1.807, 2.05) is 23.6 Å². The first-order chi connectivity index (χ1) is 10.6. The fourth-order valence-electron chi connectivity index (χ4n) is 2.07. The Balaban J connectivity index is 1.96. The van der Waals surface area contributed by atoms with Crippen LogP contribution in [0.4, 0.5) is 8.78 Å². The molecular weight excluding hydrogens is 368 g/mol. The molecule has 2 aromatic carbocycles. The highest BCUT2D eigenvalue weighted by Crippen LogP contribution is 2.30. The van der Waals surface area contributed by atoms with Crippen LogP contribution in [0.1, 0.15) is 10.6 Å². The lowest BCUT2D eigenvalue weighted by Gasteiger charge is -2.07. The molecule has 110 valence electrons. The number of hydrogen-bond acceptors (Lipinski definition) is 2. The van der Waals surface area contributed by atoms with Gasteiger partial charge in [-0.3, -0.25) is 0 Å². The Labute approximate surface area is 139 Å². The van der Waals surface area contributed by atoms with E-state index < -0.39 is 11.6 Å². The minimum atomic E-state index is -0.571. The molecule has 0 aliphatic carbocycles. The summed E-state index contributed by atoms with van der Waals surface area (Å²) in [5, 5.41) is 2.80. The van der Waals surface area contributed by atoms with Gasteiger partial charge in [0, 0.05) is 16.0 Å². The van der Waals surface area contributed by atoms with E-state index in [2.05, 4.69) is 20.9 Å². The SMILES string of the molecule is Fc1cccc(F)c1-c1ccc(C=Cc2nccs2)c(Br)c1. The second-order valence-corrected chi connectivity index (χ2v) is 6.32. The van der Waals surface area contributed by atoms with Gasteiger partial charge in [-0.1, -0.05) is 40.2 Å². The Hall–Kier alpha value is -1.85. The molecule has 0 aliphatic rings. The minimum Gasteiger partial charge on any atom is -0.245 e. The number of rotatable bonds is 3. The van der Waals surface area contributed by atoms with Crippen molar-refractivity contribution in [3.8, 4) is 11.1 Å². The van der Waals surface area contributed by atoms with E-state index in [4.69, 9.17) is 0 Å². The normalized spacial score (nSPS) is 11.2. The molecule has 3 aromatic rings. The molecule has 3 rings (SSSR count). The predicted octanol–water partition coefficient (Wildman–Crippen LogP) is 6.02. The highest BCUT2D eigenvalue weighted by atomic mass is 79.9. The monoisotopic (exact) mass is 377 g/mol. The van der Waals surface area contributed by atoms with E-state index in [1.165, 1.54) is 29.5 Å². The Kier molecular flexibility index (Phi) is 4.45. The summed E-state index contributed by atoms with van der Waals surface area (Å²) in [6.07, 6.45) is 5.54. The fraction of sp³-hybridized carbons (Fsp3) is 0. The van der Waals surface area contributed by atoms with E-state index in [0.29, 0.717) is 5.56 Å². The van der Waals surface area contributed by atoms with Gasteiger partial charge in [0.2, 0.25) is 0 Å². The van der Waals surface area contributed by atoms with Gasteiger partial charge in [0.05, 0.1) is 5.56 Å². The van der Waals surface area contributed by atoms with Crippen molar-refractivity contribution in [1.29, 1.82) is 0 Å². The molecule has 0 spiro atoms. The van der Waals surface area contributed by atoms with Gasteiger partial charge in [-0.2, -0.15) is 0 Å². The van der Waals surface area contributed by atoms with Crippen LogP contribution in [0.5, 0.6) is 0 Å². The zero-order valence-corrected chi connectivity index (χ0v) is 13.7. The quantitative estimate of drug-likeness (QED) is 0.543. The molecule has 0 unspecified atom stereocenters. The summed E-state index contributed by atoms with van der Waals surface area (Å²) in [6, 6.07) is 9.09. The van der Waals surface area contributed by atoms with Gasteiger partial charge in [0.1, 0.15) is 16.6 Å². The summed E-state index contributed by atoms with van der Waals surface area (Å²) in [4.78, 5) is 4.17. The standard InChI is InChI=1S/C17H10BrF2NS/c18-13-10-12(17-14(19)2-1-3-15(17)20)5-4-11(13)6-7-16-21-8-9-22-16/h1-10H. The maximum atomic E-state index is 13.8. The van der Waals surface area contributed by atoms with Gasteiger partial charge in [0.15, 0.2) is 0 Å². The number of halogens is 3. The highest BCUT2D eigenvalue weighted by Gasteiger charge is 2.11. The van der Waals surface area contributed by atoms with E-state index in [1.54, 1.807) is 18.3 Å². The Morgan fingerprint density at radius 3 is 2.45 bits per heavy atom. The van der Waals surface area contributed by atoms with Crippen LogP contribution < -0.4 is 0 Å². The fourth-order valence-corrected chi connectivity index (χ4v) is 3.11. The third kappa shape index (κ3) is 3.15. The van der Waals surface area contributed by atoms with Gasteiger partial charge in [-0.25, -0.2) is 13.8 Å². The van der Waals surface area contributed by atoms with Crippen molar-refractivity contribution < 1.29 is 8.78 Å². The Morgan fingerprint density at radius 2 is 1.82 bits per heavy atom. The molecule has 1 heterocycles. The largest absolute Gasteiger partial charge is 0.245 e. The van der Waals surface area contributed by atoms with Crippen LogP contribution in [0.3, 0.4) is 0 Å². The van der Waals surface area contributed by atoms with Crippen molar-refractivity contribution >= 4 is 39.4 Å². The predicted molar refractivity (Wildman–Crippen MR) is 90.5 cm³/mol. The van der Waals surface area contributed by atoms with Crippen molar-refractivity contribution in [3.63, 3.8) is 0 Å². The molecule has 0 aliphatic heterocycles. The molecule has 0 atom stereocenters. The first-order valence-electron chi connectivity index (χ1n) is 6.46. The molecule has 22 heavy (non-hydrogen) atoms. The van der Waals surface area contributed by atoms with Crippen LogP contribution in [0.2, 0.25) is 0 Å². The van der Waals surface area contributed by atoms with Crippen molar-refractivity contribution in [1.82, 2.24) is 4.98 Å². The van der Waals surface area contributed by atoms with Crippen LogP contribution in [-0.4, -0.2) is 4.98 Å². The molecule has 0 fully saturated rings. The number of nitrogens with zero attached hydrogens (tertiary/aromatic N) is 1. The van der Waals surface area contributed by atoms with Crippen molar-refractivity contribution in [2.75, 3.05) is 0 Å². The van der Waals surface area contributed by atoms with Crippen molar-refractivity contribution in [2.45, 2.75) is 0 Å². The second kappa shape index (κ2) is 6.50. The van der Waals surface area contributed by atoms with Gasteiger partial charge >= 0.3 is 0 Å². The van der Waals surface area contributed by atoms with Crippen LogP contribution in [-0.2, 0) is 0 Å². The average Bonchev–Trinajstić information content (AvgIpc) is 2.99. The zero-order chi connectivity index (χ0) is 15.5. The molecule has 0 N–H and O–H groups in total. The lowest BCUT2D eigenvalue weighted by molar-refractivity contribution is 0.589. The second-order valence-electron chi connectivity index (χ2n) is 4.54. The van der Waals surface area contributed by atoms with Crippen LogP contribution in [0.25, 0.3) is 23.3 Å². The van der Waals surface area contributed by atoms with Gasteiger partial charge in [0.25, 0.3) is 0 Å². The van der Waals surface area contributed by atoms with Crippen molar-refractivity contribution in [3.05, 3.63) is 74.7 Å². The molecule has 0 bridgehead atoms. The summed E-state index contributed by atoms with van der Waals surface area (Å²) < 4.78 is 28.4. The summed E-state index contributed by atoms with van der Waals surface area (Å²) in [6.45, 7) is 0. The van der Waals surface area contributed by atoms with E-state index in [-0.39, 0.29) is 5.56 Å². The third-order valence-corrected chi connectivity index (χ3v) is 4.54. The van der Waals surface area contributed by atoms with E-state index in [0.717, 1.165) is 15.0 Å². The topological polar surface area (TPSA) is 12.9 Å². The summed E-state index contributed by atoms with van der Waals surface area (Å²) >= 11 is 4.98. The average molecular weight is 378 g/mol. The molecule has 5 heteroatoms. The molecular formula is C17H10BrF2NS. The van der Waals surface area contributed by atoms with Crippen LogP contribution in [0.15, 0.2) is 52.4 Å². The highest BCUT2D eigenvalue weighted by molar-refractivity contribution is 9.10. The van der Waals surface area contributed by atoms with Gasteiger partial charge in [-0.05, 0) is 35.4 Å². The minimum absolute atomic E-state index is 0.0151. The maximum absolute atomic E-state index is 13.8. The van der Waals surface area contributed by atoms with E-state index in [9.17, 15) is 8.78 Å². The van der Waals surface area contributed by atoms with Crippen LogP contribution >= 0.6 is 27.3 Å². The van der Waals surface area contributed by atoms with Crippen molar-refractivity contribution in [2.24, 2.45) is 0 Å². The first kappa shape index (κ1) is 15.1. The van der Waals surface area contributed by atoms with Crippen LogP contribution in [0, 0.1) is 11.6 Å². The number of hydrogen-bond donors (Lipinski definition) is 0. The number of aromatic nitrogens is 1. The molecule has 0 amide bonds. The lowest BCUT2D eigenvalue weighted by Crippen LogP contribution is -1.90. The van der Waals surface area contributed by atoms with Gasteiger partial charge in [-0.15, -0.1) is 11.3 Å². The first-order valence-corrected chi connectivity index (χ1v) is 8.14. The lowest BCUT2D eigenvalue weighted by atomic mass is 10.0. The Morgan fingerprint density at radius 1 is 1.05 bits per heavy atom. The summed E-state index contributed by atoms with van der Waals surface area (Å²) in [7, 11) is 0. The summed E-state index contributed by atoms with van der Waals surface area (Å²) in [5.74, 6) is -1.14. The molecule has 1 nitrogen and oxygen atoms in total. The number of thiazole rings is 1. The molecule has 0 saturated carbocycles. The Bertz CT molecular complexity index is 808. The third-order valence-electron chi connectivity index (χ3n) is 3.11. The maximum Gasteiger partial charge on any atom is 0.133 e. The van der Waals surface area contributed by atoms with E-state index >= 15 is 0 Å².